The molecule has 0 amide bonds. The van der Waals surface area contributed by atoms with Gasteiger partial charge in [-0.05, 0) is 36.1 Å². The van der Waals surface area contributed by atoms with Gasteiger partial charge in [0.15, 0.2) is 0 Å². The first-order valence-corrected chi connectivity index (χ1v) is 6.47. The van der Waals surface area contributed by atoms with Gasteiger partial charge in [-0.2, -0.15) is 0 Å². The van der Waals surface area contributed by atoms with E-state index in [1.807, 2.05) is 7.11 Å². The van der Waals surface area contributed by atoms with Crippen molar-refractivity contribution >= 4 is 5.69 Å². The normalized spacial score (nSPS) is 20.6. The fourth-order valence-electron chi connectivity index (χ4n) is 2.83. The molecule has 0 unspecified atom stereocenters. The zero-order valence-corrected chi connectivity index (χ0v) is 10.4. The molecule has 0 atom stereocenters. The number of benzene rings is 1. The molecular weight excluding hydrogens is 212 g/mol. The van der Waals surface area contributed by atoms with E-state index in [4.69, 9.17) is 4.74 Å². The van der Waals surface area contributed by atoms with E-state index in [2.05, 4.69) is 28.4 Å². The number of rotatable bonds is 2. The molecule has 0 radical (unpaired) electrons. The molecule has 1 saturated heterocycles. The van der Waals surface area contributed by atoms with Crippen molar-refractivity contribution in [1.29, 1.82) is 0 Å². The summed E-state index contributed by atoms with van der Waals surface area (Å²) < 4.78 is 5.41. The maximum absolute atomic E-state index is 5.41. The van der Waals surface area contributed by atoms with Gasteiger partial charge < -0.3 is 15.0 Å². The molecule has 3 rings (SSSR count). The van der Waals surface area contributed by atoms with E-state index in [9.17, 15) is 0 Å². The lowest BCUT2D eigenvalue weighted by Gasteiger charge is -2.33. The standard InChI is InChI=1S/C14H20N2O/c1-17-14-4-6-16(7-5-14)13-3-2-11-9-15-10-12(11)8-13/h2-3,8,14-15H,4-7,9-10H2,1H3. The fraction of sp³-hybridized carbons (Fsp3) is 0.571. The SMILES string of the molecule is COC1CCN(c2ccc3c(c2)CNC3)CC1. The van der Waals surface area contributed by atoms with Crippen LogP contribution in [0.3, 0.4) is 0 Å². The van der Waals surface area contributed by atoms with Gasteiger partial charge in [-0.1, -0.05) is 6.07 Å². The van der Waals surface area contributed by atoms with Gasteiger partial charge >= 0.3 is 0 Å². The number of methoxy groups -OCH3 is 1. The molecule has 0 saturated carbocycles. The molecule has 3 nitrogen and oxygen atoms in total. The van der Waals surface area contributed by atoms with Crippen LogP contribution in [0.15, 0.2) is 18.2 Å². The first-order valence-electron chi connectivity index (χ1n) is 6.47. The predicted octanol–water partition coefficient (Wildman–Crippen LogP) is 1.91. The van der Waals surface area contributed by atoms with Crippen LogP contribution in [0.2, 0.25) is 0 Å². The van der Waals surface area contributed by atoms with E-state index < -0.39 is 0 Å². The highest BCUT2D eigenvalue weighted by atomic mass is 16.5. The lowest BCUT2D eigenvalue weighted by atomic mass is 10.0. The van der Waals surface area contributed by atoms with Gasteiger partial charge in [0, 0.05) is 39.0 Å². The first kappa shape index (κ1) is 11.1. The molecule has 92 valence electrons. The third-order valence-corrected chi connectivity index (χ3v) is 3.96. The van der Waals surface area contributed by atoms with Gasteiger partial charge in [-0.15, -0.1) is 0 Å². The van der Waals surface area contributed by atoms with Crippen molar-refractivity contribution in [3.8, 4) is 0 Å². The van der Waals surface area contributed by atoms with E-state index in [-0.39, 0.29) is 0 Å². The van der Waals surface area contributed by atoms with Crippen LogP contribution in [-0.4, -0.2) is 26.3 Å². The Balaban J connectivity index is 1.72. The number of hydrogen-bond acceptors (Lipinski definition) is 3. The number of nitrogens with one attached hydrogen (secondary N) is 1. The second-order valence-electron chi connectivity index (χ2n) is 4.98. The van der Waals surface area contributed by atoms with Crippen LogP contribution in [0.4, 0.5) is 5.69 Å². The Morgan fingerprint density at radius 2 is 1.94 bits per heavy atom. The molecule has 1 aromatic carbocycles. The van der Waals surface area contributed by atoms with Crippen LogP contribution >= 0.6 is 0 Å². The predicted molar refractivity (Wildman–Crippen MR) is 69.2 cm³/mol. The molecule has 0 aliphatic carbocycles. The van der Waals surface area contributed by atoms with Crippen LogP contribution in [-0.2, 0) is 17.8 Å². The average Bonchev–Trinajstić information content (AvgIpc) is 2.86. The van der Waals surface area contributed by atoms with E-state index in [0.29, 0.717) is 6.10 Å². The third-order valence-electron chi connectivity index (χ3n) is 3.96. The number of piperidine rings is 1. The summed E-state index contributed by atoms with van der Waals surface area (Å²) in [4.78, 5) is 2.48. The Hall–Kier alpha value is -1.06. The summed E-state index contributed by atoms with van der Waals surface area (Å²) >= 11 is 0. The van der Waals surface area contributed by atoms with Crippen molar-refractivity contribution in [2.24, 2.45) is 0 Å². The van der Waals surface area contributed by atoms with Crippen molar-refractivity contribution in [3.05, 3.63) is 29.3 Å². The van der Waals surface area contributed by atoms with E-state index in [1.165, 1.54) is 16.8 Å². The van der Waals surface area contributed by atoms with Crippen molar-refractivity contribution in [3.63, 3.8) is 0 Å². The Morgan fingerprint density at radius 1 is 1.18 bits per heavy atom. The molecule has 0 spiro atoms. The van der Waals surface area contributed by atoms with Crippen molar-refractivity contribution in [2.75, 3.05) is 25.1 Å². The van der Waals surface area contributed by atoms with Crippen LogP contribution in [0, 0.1) is 0 Å². The van der Waals surface area contributed by atoms with Gasteiger partial charge in [0.25, 0.3) is 0 Å². The van der Waals surface area contributed by atoms with Crippen LogP contribution in [0.5, 0.6) is 0 Å². The second kappa shape index (κ2) is 4.67. The third kappa shape index (κ3) is 2.17. The fourth-order valence-corrected chi connectivity index (χ4v) is 2.83. The Bertz CT molecular complexity index is 397. The summed E-state index contributed by atoms with van der Waals surface area (Å²) in [6.07, 6.45) is 2.75. The summed E-state index contributed by atoms with van der Waals surface area (Å²) in [6.45, 7) is 4.29. The second-order valence-corrected chi connectivity index (χ2v) is 4.98. The van der Waals surface area contributed by atoms with Gasteiger partial charge in [-0.3, -0.25) is 0 Å². The summed E-state index contributed by atoms with van der Waals surface area (Å²) in [6, 6.07) is 6.88. The largest absolute Gasteiger partial charge is 0.381 e. The monoisotopic (exact) mass is 232 g/mol. The molecule has 1 fully saturated rings. The van der Waals surface area contributed by atoms with E-state index in [0.717, 1.165) is 39.0 Å². The zero-order valence-electron chi connectivity index (χ0n) is 10.4. The molecule has 2 aliphatic heterocycles. The summed E-state index contributed by atoms with van der Waals surface area (Å²) in [5.74, 6) is 0. The first-order chi connectivity index (χ1) is 8.36. The highest BCUT2D eigenvalue weighted by molar-refractivity contribution is 5.52. The molecule has 17 heavy (non-hydrogen) atoms. The van der Waals surface area contributed by atoms with E-state index in [1.54, 1.807) is 0 Å². The van der Waals surface area contributed by atoms with Gasteiger partial charge in [0.1, 0.15) is 0 Å². The average molecular weight is 232 g/mol. The van der Waals surface area contributed by atoms with Gasteiger partial charge in [0.05, 0.1) is 6.10 Å². The van der Waals surface area contributed by atoms with Crippen LogP contribution < -0.4 is 10.2 Å². The highest BCUT2D eigenvalue weighted by Crippen LogP contribution is 2.25. The molecule has 1 aromatic rings. The molecule has 2 heterocycles. The minimum absolute atomic E-state index is 0.461. The highest BCUT2D eigenvalue weighted by Gasteiger charge is 2.20. The van der Waals surface area contributed by atoms with Crippen molar-refractivity contribution in [2.45, 2.75) is 32.0 Å². The summed E-state index contributed by atoms with van der Waals surface area (Å²) in [5.41, 5.74) is 4.30. The minimum atomic E-state index is 0.461. The minimum Gasteiger partial charge on any atom is -0.381 e. The van der Waals surface area contributed by atoms with Crippen molar-refractivity contribution < 1.29 is 4.74 Å². The van der Waals surface area contributed by atoms with E-state index >= 15 is 0 Å². The number of ether oxygens (including phenoxy) is 1. The lowest BCUT2D eigenvalue weighted by molar-refractivity contribution is 0.0819. The smallest absolute Gasteiger partial charge is 0.0605 e. The van der Waals surface area contributed by atoms with Crippen LogP contribution in [0.1, 0.15) is 24.0 Å². The lowest BCUT2D eigenvalue weighted by Crippen LogP contribution is -2.36. The maximum Gasteiger partial charge on any atom is 0.0605 e. The quantitative estimate of drug-likeness (QED) is 0.843. The molecule has 3 heteroatoms. The van der Waals surface area contributed by atoms with Crippen LogP contribution in [0.25, 0.3) is 0 Å². The molecule has 0 aromatic heterocycles. The summed E-state index contributed by atoms with van der Waals surface area (Å²) in [5, 5.41) is 3.40. The Labute approximate surface area is 103 Å². The number of anilines is 1. The molecule has 0 bridgehead atoms. The summed E-state index contributed by atoms with van der Waals surface area (Å²) in [7, 11) is 1.82. The maximum atomic E-state index is 5.41. The number of nitrogens with zero attached hydrogens (tertiary/aromatic N) is 1. The number of fused-ring (bicyclic) bond motifs is 1. The van der Waals surface area contributed by atoms with Crippen molar-refractivity contribution in [1.82, 2.24) is 5.32 Å². The Morgan fingerprint density at radius 3 is 2.71 bits per heavy atom. The Kier molecular flexibility index (Phi) is 3.04. The molecule has 1 N–H and O–H groups in total. The van der Waals surface area contributed by atoms with Gasteiger partial charge in [-0.25, -0.2) is 0 Å². The van der Waals surface area contributed by atoms with Gasteiger partial charge in [0.2, 0.25) is 0 Å². The molecular formula is C14H20N2O. The zero-order chi connectivity index (χ0) is 11.7. The topological polar surface area (TPSA) is 24.5 Å². The molecule has 2 aliphatic rings. The number of hydrogen-bond donors (Lipinski definition) is 1.